The molecule has 1 aromatic carbocycles. The fraction of sp³-hybridized carbons (Fsp3) is 0.167. The van der Waals surface area contributed by atoms with E-state index in [4.69, 9.17) is 0 Å². The highest BCUT2D eigenvalue weighted by atomic mass is 79.9. The van der Waals surface area contributed by atoms with Crippen molar-refractivity contribution in [2.45, 2.75) is 17.6 Å². The number of hydrogen-bond acceptors (Lipinski definition) is 4. The zero-order chi connectivity index (χ0) is 13.0. The average molecular weight is 343 g/mol. The predicted molar refractivity (Wildman–Crippen MR) is 80.1 cm³/mol. The number of thioether (sulfide) groups is 1. The van der Waals surface area contributed by atoms with Crippen LogP contribution in [0.3, 0.4) is 0 Å². The number of benzene rings is 1. The molecule has 0 saturated carbocycles. The summed E-state index contributed by atoms with van der Waals surface area (Å²) in [7, 11) is 0. The lowest BCUT2D eigenvalue weighted by atomic mass is 10.4. The topological polar surface area (TPSA) is 42.0 Å². The molecule has 2 aromatic rings. The summed E-state index contributed by atoms with van der Waals surface area (Å²) in [5.41, 5.74) is 0.976. The third-order valence-electron chi connectivity index (χ3n) is 2.05. The summed E-state index contributed by atoms with van der Waals surface area (Å²) in [5, 5.41) is 5.31. The van der Waals surface area contributed by atoms with Crippen LogP contribution in [0.15, 0.2) is 39.0 Å². The average Bonchev–Trinajstić information content (AvgIpc) is 2.75. The Kier molecular flexibility index (Phi) is 4.79. The lowest BCUT2D eigenvalue weighted by Crippen LogP contribution is -2.05. The van der Waals surface area contributed by atoms with E-state index in [-0.39, 0.29) is 5.91 Å². The molecule has 0 atom stereocenters. The van der Waals surface area contributed by atoms with Gasteiger partial charge in [-0.3, -0.25) is 4.79 Å². The zero-order valence-electron chi connectivity index (χ0n) is 9.64. The molecule has 0 unspecified atom stereocenters. The second kappa shape index (κ2) is 6.36. The van der Waals surface area contributed by atoms with Crippen molar-refractivity contribution in [3.05, 3.63) is 39.8 Å². The molecular formula is C12H11BrN2OS2. The molecule has 2 rings (SSSR count). The highest BCUT2D eigenvalue weighted by Crippen LogP contribution is 2.30. The molecule has 0 aliphatic heterocycles. The van der Waals surface area contributed by atoms with Crippen molar-refractivity contribution < 1.29 is 4.79 Å². The van der Waals surface area contributed by atoms with Crippen molar-refractivity contribution in [2.75, 3.05) is 5.32 Å². The lowest BCUT2D eigenvalue weighted by Gasteiger charge is -2.01. The van der Waals surface area contributed by atoms with Gasteiger partial charge in [-0.2, -0.15) is 0 Å². The first-order valence-corrected chi connectivity index (χ1v) is 7.90. The van der Waals surface area contributed by atoms with Crippen molar-refractivity contribution in [1.29, 1.82) is 0 Å². The number of hydrogen-bond donors (Lipinski definition) is 1. The molecular weight excluding hydrogens is 332 g/mol. The van der Waals surface area contributed by atoms with Gasteiger partial charge in [-0.25, -0.2) is 4.98 Å². The number of carbonyl (C=O) groups excluding carboxylic acids is 1. The van der Waals surface area contributed by atoms with Crippen molar-refractivity contribution in [2.24, 2.45) is 0 Å². The van der Waals surface area contributed by atoms with Crippen LogP contribution in [0.1, 0.15) is 12.6 Å². The molecule has 3 nitrogen and oxygen atoms in total. The second-order valence-electron chi connectivity index (χ2n) is 3.54. The van der Waals surface area contributed by atoms with Crippen LogP contribution in [0, 0.1) is 0 Å². The van der Waals surface area contributed by atoms with Crippen LogP contribution in [-0.2, 0) is 10.5 Å². The first kappa shape index (κ1) is 13.6. The molecule has 1 amide bonds. The van der Waals surface area contributed by atoms with Gasteiger partial charge in [-0.15, -0.1) is 23.1 Å². The minimum absolute atomic E-state index is 0.0886. The number of nitrogens with zero attached hydrogens (tertiary/aromatic N) is 1. The third kappa shape index (κ3) is 3.83. The molecule has 94 valence electrons. The molecule has 1 aromatic heterocycles. The van der Waals surface area contributed by atoms with E-state index in [2.05, 4.69) is 32.3 Å². The van der Waals surface area contributed by atoms with Gasteiger partial charge in [0.2, 0.25) is 5.91 Å². The van der Waals surface area contributed by atoms with Gasteiger partial charge in [0.25, 0.3) is 0 Å². The van der Waals surface area contributed by atoms with Gasteiger partial charge in [0.1, 0.15) is 0 Å². The number of nitrogens with one attached hydrogen (secondary N) is 1. The first-order valence-electron chi connectivity index (χ1n) is 5.24. The van der Waals surface area contributed by atoms with E-state index in [9.17, 15) is 4.79 Å². The highest BCUT2D eigenvalue weighted by Gasteiger charge is 2.05. The second-order valence-corrected chi connectivity index (χ2v) is 6.27. The molecule has 18 heavy (non-hydrogen) atoms. The number of anilines is 1. The maximum Gasteiger partial charge on any atom is 0.223 e. The molecule has 1 N–H and O–H groups in total. The summed E-state index contributed by atoms with van der Waals surface area (Å²) in [4.78, 5) is 16.4. The molecule has 0 saturated heterocycles. The van der Waals surface area contributed by atoms with Crippen LogP contribution in [-0.4, -0.2) is 10.9 Å². The molecule has 0 aliphatic carbocycles. The van der Waals surface area contributed by atoms with Gasteiger partial charge < -0.3 is 5.32 Å². The molecule has 0 radical (unpaired) electrons. The smallest absolute Gasteiger partial charge is 0.223 e. The Morgan fingerprint density at radius 3 is 3.00 bits per heavy atom. The molecule has 0 aliphatic rings. The molecule has 6 heteroatoms. The van der Waals surface area contributed by atoms with Crippen LogP contribution < -0.4 is 5.32 Å². The fourth-order valence-corrected chi connectivity index (χ4v) is 3.62. The normalized spacial score (nSPS) is 10.3. The van der Waals surface area contributed by atoms with E-state index in [1.165, 1.54) is 23.2 Å². The number of halogens is 1. The SMILES string of the molecule is CC(=O)Nc1nc(CSc2ccccc2Br)cs1. The van der Waals surface area contributed by atoms with Gasteiger partial charge in [-0.1, -0.05) is 12.1 Å². The van der Waals surface area contributed by atoms with E-state index < -0.39 is 0 Å². The number of rotatable bonds is 4. The number of carbonyl (C=O) groups is 1. The van der Waals surface area contributed by atoms with E-state index in [1.807, 2.05) is 23.6 Å². The van der Waals surface area contributed by atoms with Crippen molar-refractivity contribution in [3.8, 4) is 0 Å². The molecule has 0 spiro atoms. The molecule has 0 fully saturated rings. The first-order chi connectivity index (χ1) is 8.65. The van der Waals surface area contributed by atoms with E-state index >= 15 is 0 Å². The number of aromatic nitrogens is 1. The summed E-state index contributed by atoms with van der Waals surface area (Å²) >= 11 is 6.68. The Bertz CT molecular complexity index is 557. The van der Waals surface area contributed by atoms with Crippen molar-refractivity contribution >= 4 is 50.1 Å². The maximum absolute atomic E-state index is 10.9. The standard InChI is InChI=1S/C12H11BrN2OS2/c1-8(16)14-12-15-9(7-18-12)6-17-11-5-3-2-4-10(11)13/h2-5,7H,6H2,1H3,(H,14,15,16). The van der Waals surface area contributed by atoms with Crippen LogP contribution in [0.5, 0.6) is 0 Å². The van der Waals surface area contributed by atoms with Crippen molar-refractivity contribution in [3.63, 3.8) is 0 Å². The summed E-state index contributed by atoms with van der Waals surface area (Å²) < 4.78 is 1.09. The minimum Gasteiger partial charge on any atom is -0.302 e. The van der Waals surface area contributed by atoms with Gasteiger partial charge in [-0.05, 0) is 28.1 Å². The zero-order valence-corrected chi connectivity index (χ0v) is 12.9. The minimum atomic E-state index is -0.0886. The van der Waals surface area contributed by atoms with Gasteiger partial charge >= 0.3 is 0 Å². The molecule has 1 heterocycles. The number of thiazole rings is 1. The Hall–Kier alpha value is -0.850. The summed E-state index contributed by atoms with van der Waals surface area (Å²) in [6.07, 6.45) is 0. The van der Waals surface area contributed by atoms with E-state index in [0.29, 0.717) is 5.13 Å². The Morgan fingerprint density at radius 2 is 2.28 bits per heavy atom. The lowest BCUT2D eigenvalue weighted by molar-refractivity contribution is -0.114. The summed E-state index contributed by atoms with van der Waals surface area (Å²) in [5.74, 6) is 0.702. The van der Waals surface area contributed by atoms with E-state index in [0.717, 1.165) is 15.9 Å². The largest absolute Gasteiger partial charge is 0.302 e. The van der Waals surface area contributed by atoms with Gasteiger partial charge in [0.15, 0.2) is 5.13 Å². The highest BCUT2D eigenvalue weighted by molar-refractivity contribution is 9.10. The Morgan fingerprint density at radius 1 is 1.50 bits per heavy atom. The quantitative estimate of drug-likeness (QED) is 0.848. The van der Waals surface area contributed by atoms with Crippen molar-refractivity contribution in [1.82, 2.24) is 4.98 Å². The van der Waals surface area contributed by atoms with E-state index in [1.54, 1.807) is 11.8 Å². The summed E-state index contributed by atoms with van der Waals surface area (Å²) in [6.45, 7) is 1.48. The van der Waals surface area contributed by atoms with Crippen LogP contribution >= 0.6 is 39.0 Å². The maximum atomic E-state index is 10.9. The van der Waals surface area contributed by atoms with Crippen LogP contribution in [0.4, 0.5) is 5.13 Å². The predicted octanol–water partition coefficient (Wildman–Crippen LogP) is 4.16. The molecule has 0 bridgehead atoms. The van der Waals surface area contributed by atoms with Gasteiger partial charge in [0, 0.05) is 27.4 Å². The Balaban J connectivity index is 1.96. The van der Waals surface area contributed by atoms with Crippen LogP contribution in [0.25, 0.3) is 0 Å². The Labute approximate surface area is 122 Å². The fourth-order valence-electron chi connectivity index (χ4n) is 1.29. The number of amides is 1. The van der Waals surface area contributed by atoms with Gasteiger partial charge in [0.05, 0.1) is 5.69 Å². The summed E-state index contributed by atoms with van der Waals surface area (Å²) in [6, 6.07) is 8.09. The monoisotopic (exact) mass is 342 g/mol. The van der Waals surface area contributed by atoms with Crippen LogP contribution in [0.2, 0.25) is 0 Å². The third-order valence-corrected chi connectivity index (χ3v) is 4.91.